The van der Waals surface area contributed by atoms with Crippen LogP contribution in [0, 0.1) is 0 Å². The third kappa shape index (κ3) is 3.00. The van der Waals surface area contributed by atoms with Crippen LogP contribution in [0.2, 0.25) is 5.02 Å². The van der Waals surface area contributed by atoms with E-state index in [1.54, 1.807) is 30.5 Å². The largest absolute Gasteiger partial charge is 0.463 e. The maximum Gasteiger partial charge on any atom is 0.230 e. The first-order chi connectivity index (χ1) is 14.3. The number of fused-ring (bicyclic) bond motifs is 3. The molecule has 0 unspecified atom stereocenters. The van der Waals surface area contributed by atoms with E-state index >= 15 is 0 Å². The molecule has 7 heteroatoms. The summed E-state index contributed by atoms with van der Waals surface area (Å²) in [6.07, 6.45) is 2.23. The minimum absolute atomic E-state index is 0.0588. The molecule has 0 spiro atoms. The fourth-order valence-corrected chi connectivity index (χ4v) is 4.00. The van der Waals surface area contributed by atoms with E-state index in [1.165, 1.54) is 0 Å². The second-order valence-corrected chi connectivity index (χ2v) is 8.42. The summed E-state index contributed by atoms with van der Waals surface area (Å²) in [5.74, 6) is 0.363. The number of carbonyl (C=O) groups is 1. The number of hydrogen-bond acceptors (Lipinski definition) is 6. The second kappa shape index (κ2) is 6.72. The molecular formula is C23H19ClN2O4. The molecule has 0 bridgehead atoms. The Hall–Kier alpha value is -3.09. The second-order valence-electron chi connectivity index (χ2n) is 7.98. The van der Waals surface area contributed by atoms with Crippen LogP contribution in [0.3, 0.4) is 0 Å². The van der Waals surface area contributed by atoms with Crippen LogP contribution in [-0.4, -0.2) is 16.4 Å². The average molecular weight is 423 g/mol. The van der Waals surface area contributed by atoms with Crippen molar-refractivity contribution in [2.45, 2.75) is 32.5 Å². The van der Waals surface area contributed by atoms with E-state index in [1.807, 2.05) is 26.0 Å². The minimum atomic E-state index is -0.357. The van der Waals surface area contributed by atoms with Crippen LogP contribution in [0.1, 0.15) is 41.1 Å². The molecule has 1 aliphatic rings. The molecule has 0 fully saturated rings. The van der Waals surface area contributed by atoms with Crippen molar-refractivity contribution in [2.75, 3.05) is 5.73 Å². The van der Waals surface area contributed by atoms with Gasteiger partial charge in [0.15, 0.2) is 5.76 Å². The van der Waals surface area contributed by atoms with E-state index < -0.39 is 0 Å². The van der Waals surface area contributed by atoms with Crippen LogP contribution in [0.25, 0.3) is 22.6 Å². The molecule has 30 heavy (non-hydrogen) atoms. The van der Waals surface area contributed by atoms with Crippen LogP contribution in [0.4, 0.5) is 5.69 Å². The predicted molar refractivity (Wildman–Crippen MR) is 114 cm³/mol. The van der Waals surface area contributed by atoms with Crippen LogP contribution in [-0.2, 0) is 17.8 Å². The first kappa shape index (κ1) is 18.9. The van der Waals surface area contributed by atoms with Gasteiger partial charge in [0.2, 0.25) is 17.3 Å². The third-order valence-electron chi connectivity index (χ3n) is 5.37. The lowest BCUT2D eigenvalue weighted by Crippen LogP contribution is -2.32. The number of nitrogens with zero attached hydrogens (tertiary/aromatic N) is 1. The molecule has 6 nitrogen and oxygen atoms in total. The lowest BCUT2D eigenvalue weighted by Gasteiger charge is -2.32. The van der Waals surface area contributed by atoms with Gasteiger partial charge in [0.1, 0.15) is 5.69 Å². The number of benzene rings is 1. The molecular weight excluding hydrogens is 404 g/mol. The van der Waals surface area contributed by atoms with Crippen molar-refractivity contribution in [3.8, 4) is 11.5 Å². The van der Waals surface area contributed by atoms with Crippen molar-refractivity contribution in [3.05, 3.63) is 70.1 Å². The van der Waals surface area contributed by atoms with E-state index in [0.717, 1.165) is 11.1 Å². The Morgan fingerprint density at radius 2 is 1.93 bits per heavy atom. The zero-order valence-corrected chi connectivity index (χ0v) is 17.2. The number of ether oxygens (including phenoxy) is 1. The number of aromatic nitrogens is 1. The Morgan fingerprint density at radius 3 is 2.63 bits per heavy atom. The molecule has 0 saturated heterocycles. The molecule has 152 valence electrons. The van der Waals surface area contributed by atoms with Crippen LogP contribution in [0.15, 0.2) is 51.5 Å². The van der Waals surface area contributed by atoms with Crippen molar-refractivity contribution < 1.29 is 18.4 Å². The number of furan rings is 2. The smallest absolute Gasteiger partial charge is 0.230 e. The van der Waals surface area contributed by atoms with E-state index in [4.69, 9.17) is 35.9 Å². The third-order valence-corrected chi connectivity index (χ3v) is 5.62. The summed E-state index contributed by atoms with van der Waals surface area (Å²) in [6, 6.07) is 10.2. The van der Waals surface area contributed by atoms with Gasteiger partial charge in [-0.3, -0.25) is 4.79 Å². The summed E-state index contributed by atoms with van der Waals surface area (Å²) < 4.78 is 17.5. The number of anilines is 1. The maximum absolute atomic E-state index is 13.0. The zero-order valence-electron chi connectivity index (χ0n) is 16.5. The first-order valence-corrected chi connectivity index (χ1v) is 9.94. The normalized spacial score (nSPS) is 15.3. The fourth-order valence-electron chi connectivity index (χ4n) is 3.88. The fraction of sp³-hybridized carbons (Fsp3) is 0.217. The van der Waals surface area contributed by atoms with Gasteiger partial charge in [0, 0.05) is 17.0 Å². The van der Waals surface area contributed by atoms with Gasteiger partial charge in [-0.25, -0.2) is 4.98 Å². The van der Waals surface area contributed by atoms with Crippen LogP contribution in [0.5, 0.6) is 0 Å². The summed E-state index contributed by atoms with van der Waals surface area (Å²) in [6.45, 7) is 4.40. The zero-order chi connectivity index (χ0) is 21.0. The Labute approximate surface area is 177 Å². The monoisotopic (exact) mass is 422 g/mol. The number of ketones is 1. The molecule has 1 aromatic carbocycles. The molecule has 5 rings (SSSR count). The van der Waals surface area contributed by atoms with E-state index in [0.29, 0.717) is 46.2 Å². The maximum atomic E-state index is 13.0. The number of pyridine rings is 1. The van der Waals surface area contributed by atoms with Crippen molar-refractivity contribution in [3.63, 3.8) is 0 Å². The quantitative estimate of drug-likeness (QED) is 0.444. The Bertz CT molecular complexity index is 1270. The molecule has 0 amide bonds. The van der Waals surface area contributed by atoms with Gasteiger partial charge in [-0.2, -0.15) is 0 Å². The summed E-state index contributed by atoms with van der Waals surface area (Å²) in [4.78, 5) is 17.7. The van der Waals surface area contributed by atoms with Gasteiger partial charge in [-0.1, -0.05) is 11.6 Å². The number of nitrogens with two attached hydrogens (primary N) is 1. The summed E-state index contributed by atoms with van der Waals surface area (Å²) in [5.41, 5.74) is 9.59. The predicted octanol–water partition coefficient (Wildman–Crippen LogP) is 5.41. The highest BCUT2D eigenvalue weighted by molar-refractivity contribution is 6.30. The topological polar surface area (TPSA) is 91.5 Å². The number of halogens is 1. The van der Waals surface area contributed by atoms with Crippen LogP contribution < -0.4 is 5.73 Å². The van der Waals surface area contributed by atoms with Gasteiger partial charge in [-0.15, -0.1) is 0 Å². The van der Waals surface area contributed by atoms with Gasteiger partial charge in [0.25, 0.3) is 0 Å². The van der Waals surface area contributed by atoms with Gasteiger partial charge < -0.3 is 19.3 Å². The SMILES string of the molecule is CC1(C)Cc2c(-c3ccco3)nc3oc(C(=O)c4ccc(Cl)cc4)c(N)c3c2CO1. The van der Waals surface area contributed by atoms with Crippen molar-refractivity contribution in [1.29, 1.82) is 0 Å². The number of rotatable bonds is 3. The lowest BCUT2D eigenvalue weighted by atomic mass is 9.88. The van der Waals surface area contributed by atoms with Crippen molar-refractivity contribution >= 4 is 34.2 Å². The molecule has 0 aliphatic carbocycles. The highest BCUT2D eigenvalue weighted by Gasteiger charge is 2.34. The van der Waals surface area contributed by atoms with Crippen molar-refractivity contribution in [2.24, 2.45) is 0 Å². The van der Waals surface area contributed by atoms with E-state index in [9.17, 15) is 4.79 Å². The number of carbonyl (C=O) groups excluding carboxylic acids is 1. The Balaban J connectivity index is 1.73. The molecule has 0 radical (unpaired) electrons. The Morgan fingerprint density at radius 1 is 1.17 bits per heavy atom. The highest BCUT2D eigenvalue weighted by Crippen LogP contribution is 2.42. The molecule has 0 atom stereocenters. The minimum Gasteiger partial charge on any atom is -0.463 e. The summed E-state index contributed by atoms with van der Waals surface area (Å²) >= 11 is 5.93. The van der Waals surface area contributed by atoms with E-state index in [2.05, 4.69) is 0 Å². The Kier molecular flexibility index (Phi) is 4.24. The highest BCUT2D eigenvalue weighted by atomic mass is 35.5. The molecule has 2 N–H and O–H groups in total. The summed E-state index contributed by atoms with van der Waals surface area (Å²) in [7, 11) is 0. The average Bonchev–Trinajstić information content (AvgIpc) is 3.35. The molecule has 0 saturated carbocycles. The standard InChI is InChI=1S/C23H19ClN2O4/c1-23(2)10-14-15(11-29-23)17-18(25)21(20(27)12-5-7-13(24)8-6-12)30-22(17)26-19(14)16-4-3-9-28-16/h3-9H,10-11,25H2,1-2H3. The summed E-state index contributed by atoms with van der Waals surface area (Å²) in [5, 5.41) is 1.16. The molecule has 4 heterocycles. The molecule has 1 aliphatic heterocycles. The van der Waals surface area contributed by atoms with E-state index in [-0.39, 0.29) is 22.8 Å². The van der Waals surface area contributed by atoms with Gasteiger partial charge in [0.05, 0.1) is 29.5 Å². The van der Waals surface area contributed by atoms with Crippen molar-refractivity contribution in [1.82, 2.24) is 4.98 Å². The molecule has 3 aromatic heterocycles. The van der Waals surface area contributed by atoms with Crippen LogP contribution >= 0.6 is 11.6 Å². The van der Waals surface area contributed by atoms with Gasteiger partial charge in [-0.05, 0) is 61.4 Å². The lowest BCUT2D eigenvalue weighted by molar-refractivity contribution is -0.0393. The number of nitrogen functional groups attached to an aromatic ring is 1. The van der Waals surface area contributed by atoms with Gasteiger partial charge >= 0.3 is 0 Å². The number of hydrogen-bond donors (Lipinski definition) is 1. The first-order valence-electron chi connectivity index (χ1n) is 9.56. The molecule has 4 aromatic rings.